The molecule has 1 saturated heterocycles. The van der Waals surface area contributed by atoms with Gasteiger partial charge in [-0.2, -0.15) is 0 Å². The minimum absolute atomic E-state index is 0.158. The van der Waals surface area contributed by atoms with Crippen LogP contribution in [0.2, 0.25) is 0 Å². The summed E-state index contributed by atoms with van der Waals surface area (Å²) in [5.74, 6) is -0.531. The molecular weight excluding hydrogens is 354 g/mol. The summed E-state index contributed by atoms with van der Waals surface area (Å²) in [5, 5.41) is 7.06. The lowest BCUT2D eigenvalue weighted by Crippen LogP contribution is -2.38. The van der Waals surface area contributed by atoms with Gasteiger partial charge in [0.1, 0.15) is 18.0 Å². The number of para-hydroxylation sites is 2. The SMILES string of the molecule is COc1ccccc1NC(=O)CN1C(=O)NC(=Cc2sccc2C)C1=O. The molecule has 0 radical (unpaired) electrons. The molecule has 0 saturated carbocycles. The number of imide groups is 1. The molecule has 26 heavy (non-hydrogen) atoms. The lowest BCUT2D eigenvalue weighted by atomic mass is 10.2. The van der Waals surface area contributed by atoms with Crippen LogP contribution in [0, 0.1) is 6.92 Å². The third-order valence-electron chi connectivity index (χ3n) is 3.82. The maximum absolute atomic E-state index is 12.4. The zero-order chi connectivity index (χ0) is 18.7. The third kappa shape index (κ3) is 3.60. The van der Waals surface area contributed by atoms with E-state index in [1.807, 2.05) is 18.4 Å². The second-order valence-corrected chi connectivity index (χ2v) is 6.54. The number of ether oxygens (including phenoxy) is 1. The van der Waals surface area contributed by atoms with E-state index in [1.165, 1.54) is 18.4 Å². The lowest BCUT2D eigenvalue weighted by molar-refractivity contribution is -0.127. The minimum Gasteiger partial charge on any atom is -0.495 e. The third-order valence-corrected chi connectivity index (χ3v) is 4.79. The Morgan fingerprint density at radius 2 is 2.08 bits per heavy atom. The number of hydrogen-bond donors (Lipinski definition) is 2. The van der Waals surface area contributed by atoms with E-state index in [9.17, 15) is 14.4 Å². The van der Waals surface area contributed by atoms with Gasteiger partial charge >= 0.3 is 6.03 Å². The Hall–Kier alpha value is -3.13. The molecule has 7 nitrogen and oxygen atoms in total. The number of anilines is 1. The highest BCUT2D eigenvalue weighted by Gasteiger charge is 2.35. The first-order chi connectivity index (χ1) is 12.5. The van der Waals surface area contributed by atoms with Crippen molar-refractivity contribution in [2.75, 3.05) is 19.0 Å². The number of urea groups is 1. The largest absolute Gasteiger partial charge is 0.495 e. The molecule has 1 aliphatic rings. The number of amides is 4. The summed E-state index contributed by atoms with van der Waals surface area (Å²) in [4.78, 5) is 38.5. The van der Waals surface area contributed by atoms with Gasteiger partial charge in [0.25, 0.3) is 5.91 Å². The molecule has 3 rings (SSSR count). The molecule has 2 N–H and O–H groups in total. The average molecular weight is 371 g/mol. The smallest absolute Gasteiger partial charge is 0.329 e. The Labute approximate surface area is 154 Å². The number of nitrogens with zero attached hydrogens (tertiary/aromatic N) is 1. The highest BCUT2D eigenvalue weighted by Crippen LogP contribution is 2.24. The van der Waals surface area contributed by atoms with E-state index in [-0.39, 0.29) is 12.2 Å². The molecule has 0 bridgehead atoms. The van der Waals surface area contributed by atoms with Gasteiger partial charge < -0.3 is 15.4 Å². The first kappa shape index (κ1) is 17.7. The van der Waals surface area contributed by atoms with E-state index < -0.39 is 17.8 Å². The summed E-state index contributed by atoms with van der Waals surface area (Å²) in [6, 6.07) is 8.20. The molecule has 134 valence electrons. The van der Waals surface area contributed by atoms with Crippen molar-refractivity contribution < 1.29 is 19.1 Å². The molecule has 0 aliphatic carbocycles. The highest BCUT2D eigenvalue weighted by molar-refractivity contribution is 7.11. The first-order valence-corrected chi connectivity index (χ1v) is 8.69. The molecule has 2 heterocycles. The van der Waals surface area contributed by atoms with Gasteiger partial charge in [-0.1, -0.05) is 12.1 Å². The summed E-state index contributed by atoms with van der Waals surface area (Å²) in [5.41, 5.74) is 1.64. The summed E-state index contributed by atoms with van der Waals surface area (Å²) in [7, 11) is 1.49. The molecular formula is C18H17N3O4S. The number of rotatable bonds is 5. The van der Waals surface area contributed by atoms with Crippen LogP contribution in [-0.4, -0.2) is 36.4 Å². The van der Waals surface area contributed by atoms with Crippen LogP contribution in [0.3, 0.4) is 0 Å². The van der Waals surface area contributed by atoms with E-state index in [2.05, 4.69) is 10.6 Å². The molecule has 0 atom stereocenters. The van der Waals surface area contributed by atoms with Crippen molar-refractivity contribution in [3.63, 3.8) is 0 Å². The van der Waals surface area contributed by atoms with Gasteiger partial charge in [0, 0.05) is 4.88 Å². The Morgan fingerprint density at radius 1 is 1.31 bits per heavy atom. The van der Waals surface area contributed by atoms with Gasteiger partial charge in [-0.3, -0.25) is 9.59 Å². The number of nitrogens with one attached hydrogen (secondary N) is 2. The van der Waals surface area contributed by atoms with Crippen molar-refractivity contribution in [1.82, 2.24) is 10.2 Å². The van der Waals surface area contributed by atoms with Crippen molar-refractivity contribution in [2.24, 2.45) is 0 Å². The normalized spacial score (nSPS) is 15.3. The maximum Gasteiger partial charge on any atom is 0.329 e. The predicted molar refractivity (Wildman–Crippen MR) is 98.9 cm³/mol. The van der Waals surface area contributed by atoms with Gasteiger partial charge in [-0.15, -0.1) is 11.3 Å². The lowest BCUT2D eigenvalue weighted by Gasteiger charge is -2.13. The first-order valence-electron chi connectivity index (χ1n) is 7.81. The molecule has 2 aromatic rings. The zero-order valence-electron chi connectivity index (χ0n) is 14.2. The number of benzene rings is 1. The van der Waals surface area contributed by atoms with Crippen molar-refractivity contribution in [2.45, 2.75) is 6.92 Å². The van der Waals surface area contributed by atoms with Crippen LogP contribution in [0.4, 0.5) is 10.5 Å². The van der Waals surface area contributed by atoms with E-state index in [1.54, 1.807) is 30.3 Å². The number of aryl methyl sites for hydroxylation is 1. The monoisotopic (exact) mass is 371 g/mol. The topological polar surface area (TPSA) is 87.7 Å². The summed E-state index contributed by atoms with van der Waals surface area (Å²) >= 11 is 1.47. The van der Waals surface area contributed by atoms with Crippen LogP contribution in [-0.2, 0) is 9.59 Å². The van der Waals surface area contributed by atoms with Crippen LogP contribution in [0.15, 0.2) is 41.4 Å². The molecule has 0 spiro atoms. The van der Waals surface area contributed by atoms with Crippen molar-refractivity contribution >= 4 is 40.9 Å². The summed E-state index contributed by atoms with van der Waals surface area (Å²) in [6.45, 7) is 1.53. The van der Waals surface area contributed by atoms with E-state index in [4.69, 9.17) is 4.74 Å². The number of methoxy groups -OCH3 is 1. The van der Waals surface area contributed by atoms with Gasteiger partial charge in [0.2, 0.25) is 5.91 Å². The Bertz CT molecular complexity index is 903. The van der Waals surface area contributed by atoms with Gasteiger partial charge in [-0.05, 0) is 42.1 Å². The van der Waals surface area contributed by atoms with E-state index in [0.29, 0.717) is 11.4 Å². The molecule has 1 fully saturated rings. The average Bonchev–Trinajstić information content (AvgIpc) is 3.14. The Kier molecular flexibility index (Phi) is 5.04. The van der Waals surface area contributed by atoms with Gasteiger partial charge in [0.15, 0.2) is 0 Å². The summed E-state index contributed by atoms with van der Waals surface area (Å²) < 4.78 is 5.16. The second kappa shape index (κ2) is 7.40. The van der Waals surface area contributed by atoms with Crippen molar-refractivity contribution in [3.8, 4) is 5.75 Å². The second-order valence-electron chi connectivity index (χ2n) is 5.60. The van der Waals surface area contributed by atoms with Crippen LogP contribution in [0.5, 0.6) is 5.75 Å². The molecule has 1 aliphatic heterocycles. The Morgan fingerprint density at radius 3 is 2.77 bits per heavy atom. The maximum atomic E-state index is 12.4. The van der Waals surface area contributed by atoms with Crippen LogP contribution in [0.25, 0.3) is 6.08 Å². The Balaban J connectivity index is 1.71. The number of carbonyl (C=O) groups excluding carboxylic acids is 3. The van der Waals surface area contributed by atoms with Crippen molar-refractivity contribution in [1.29, 1.82) is 0 Å². The fraction of sp³-hybridized carbons (Fsp3) is 0.167. The van der Waals surface area contributed by atoms with E-state index >= 15 is 0 Å². The van der Waals surface area contributed by atoms with Crippen LogP contribution >= 0.6 is 11.3 Å². The van der Waals surface area contributed by atoms with Crippen molar-refractivity contribution in [3.05, 3.63) is 51.8 Å². The minimum atomic E-state index is -0.620. The molecule has 4 amide bonds. The van der Waals surface area contributed by atoms with E-state index in [0.717, 1.165) is 15.3 Å². The predicted octanol–water partition coefficient (Wildman–Crippen LogP) is 2.60. The quantitative estimate of drug-likeness (QED) is 0.625. The number of hydrogen-bond acceptors (Lipinski definition) is 5. The van der Waals surface area contributed by atoms with Gasteiger partial charge in [-0.25, -0.2) is 9.69 Å². The number of thiophene rings is 1. The molecule has 1 aromatic carbocycles. The molecule has 0 unspecified atom stereocenters. The zero-order valence-corrected chi connectivity index (χ0v) is 15.1. The number of carbonyl (C=O) groups is 3. The van der Waals surface area contributed by atoms with Gasteiger partial charge in [0.05, 0.1) is 12.8 Å². The van der Waals surface area contributed by atoms with Crippen LogP contribution < -0.4 is 15.4 Å². The fourth-order valence-electron chi connectivity index (χ4n) is 2.46. The fourth-order valence-corrected chi connectivity index (χ4v) is 3.32. The molecule has 1 aromatic heterocycles. The summed E-state index contributed by atoms with van der Waals surface area (Å²) in [6.07, 6.45) is 1.62. The molecule has 8 heteroatoms. The van der Waals surface area contributed by atoms with Crippen LogP contribution in [0.1, 0.15) is 10.4 Å². The standard InChI is InChI=1S/C18H17N3O4S/c1-11-7-8-26-15(11)9-13-17(23)21(18(24)20-13)10-16(22)19-12-5-3-4-6-14(12)25-2/h3-9H,10H2,1-2H3,(H,19,22)(H,20,24). The highest BCUT2D eigenvalue weighted by atomic mass is 32.1.